The highest BCUT2D eigenvalue weighted by Gasteiger charge is 2.16. The lowest BCUT2D eigenvalue weighted by atomic mass is 10.0. The number of halogens is 2. The van der Waals surface area contributed by atoms with Gasteiger partial charge in [-0.1, -0.05) is 24.8 Å². The molecule has 0 bridgehead atoms. The zero-order valence-corrected chi connectivity index (χ0v) is 17.5. The molecule has 0 aliphatic heterocycles. The normalized spacial score (nSPS) is 11.3. The minimum atomic E-state index is -0.286. The molecule has 5 rings (SSSR count). The number of benzene rings is 3. The molecular weight excluding hydrogens is 414 g/mol. The van der Waals surface area contributed by atoms with Crippen molar-refractivity contribution in [3.8, 4) is 28.1 Å². The Kier molecular flexibility index (Phi) is 5.03. The van der Waals surface area contributed by atoms with Crippen LogP contribution in [0.3, 0.4) is 0 Å². The Bertz CT molecular complexity index is 1360. The number of hydrogen-bond acceptors (Lipinski definition) is 3. The highest BCUT2D eigenvalue weighted by Crippen LogP contribution is 2.34. The van der Waals surface area contributed by atoms with E-state index in [-0.39, 0.29) is 11.6 Å². The van der Waals surface area contributed by atoms with Gasteiger partial charge in [-0.2, -0.15) is 5.10 Å². The molecule has 0 radical (unpaired) electrons. The number of aromatic nitrogens is 4. The number of fused-ring (bicyclic) bond motifs is 1. The molecule has 0 amide bonds. The van der Waals surface area contributed by atoms with Gasteiger partial charge in [-0.25, -0.2) is 13.8 Å². The van der Waals surface area contributed by atoms with Crippen molar-refractivity contribution in [1.82, 2.24) is 19.7 Å². The minimum Gasteiger partial charge on any atom is -0.287 e. The Balaban J connectivity index is 1.67. The Morgan fingerprint density at radius 1 is 0.903 bits per heavy atom. The summed E-state index contributed by atoms with van der Waals surface area (Å²) in [7, 11) is 0. The van der Waals surface area contributed by atoms with Gasteiger partial charge in [0.1, 0.15) is 11.6 Å². The van der Waals surface area contributed by atoms with Crippen LogP contribution in [-0.2, 0) is 0 Å². The van der Waals surface area contributed by atoms with E-state index in [4.69, 9.17) is 4.98 Å². The van der Waals surface area contributed by atoms with Crippen molar-refractivity contribution >= 4 is 22.8 Å². The second-order valence-electron chi connectivity index (χ2n) is 7.00. The lowest BCUT2D eigenvalue weighted by Crippen LogP contribution is -1.97. The summed E-state index contributed by atoms with van der Waals surface area (Å²) in [5.41, 5.74) is 6.06. The molecule has 154 valence electrons. The van der Waals surface area contributed by atoms with Gasteiger partial charge in [0.2, 0.25) is 0 Å². The van der Waals surface area contributed by atoms with Crippen LogP contribution in [0.5, 0.6) is 0 Å². The third kappa shape index (κ3) is 3.61. The lowest BCUT2D eigenvalue weighted by Gasteiger charge is -2.09. The molecule has 0 aliphatic carbocycles. The molecule has 2 heterocycles. The quantitative estimate of drug-likeness (QED) is 0.324. The largest absolute Gasteiger partial charge is 0.287 e. The monoisotopic (exact) mass is 432 g/mol. The molecule has 7 heteroatoms. The number of nitrogens with one attached hydrogen (secondary N) is 1. The van der Waals surface area contributed by atoms with Crippen molar-refractivity contribution in [3.63, 3.8) is 0 Å². The Hall–Kier alpha value is -3.45. The van der Waals surface area contributed by atoms with Crippen LogP contribution in [0.4, 0.5) is 8.78 Å². The molecule has 4 nitrogen and oxygen atoms in total. The lowest BCUT2D eigenvalue weighted by molar-refractivity contribution is 0.627. The van der Waals surface area contributed by atoms with Crippen molar-refractivity contribution in [2.75, 3.05) is 5.75 Å². The average Bonchev–Trinajstić information content (AvgIpc) is 3.40. The van der Waals surface area contributed by atoms with Gasteiger partial charge in [0.25, 0.3) is 0 Å². The molecule has 0 atom stereocenters. The third-order valence-corrected chi connectivity index (χ3v) is 5.87. The van der Waals surface area contributed by atoms with Gasteiger partial charge in [0.15, 0.2) is 5.16 Å². The highest BCUT2D eigenvalue weighted by molar-refractivity contribution is 7.99. The highest BCUT2D eigenvalue weighted by atomic mass is 32.2. The van der Waals surface area contributed by atoms with Crippen molar-refractivity contribution < 1.29 is 8.78 Å². The SMILES string of the molecule is CCSc1nc2ccc(-c3c[nH]nc3-c3ccc(F)cc3)cc2n1-c1ccc(F)cc1. The molecule has 2 aromatic heterocycles. The molecule has 0 fully saturated rings. The molecule has 31 heavy (non-hydrogen) atoms. The summed E-state index contributed by atoms with van der Waals surface area (Å²) in [4.78, 5) is 4.78. The Morgan fingerprint density at radius 3 is 2.29 bits per heavy atom. The van der Waals surface area contributed by atoms with Crippen molar-refractivity contribution in [2.24, 2.45) is 0 Å². The van der Waals surface area contributed by atoms with Gasteiger partial charge in [-0.05, 0) is 72.0 Å². The van der Waals surface area contributed by atoms with E-state index >= 15 is 0 Å². The molecule has 0 unspecified atom stereocenters. The smallest absolute Gasteiger partial charge is 0.173 e. The average molecular weight is 432 g/mol. The Labute approximate surface area is 182 Å². The predicted octanol–water partition coefficient (Wildman–Crippen LogP) is 6.47. The van der Waals surface area contributed by atoms with Gasteiger partial charge < -0.3 is 0 Å². The van der Waals surface area contributed by atoms with E-state index in [1.807, 2.05) is 22.9 Å². The second-order valence-corrected chi connectivity index (χ2v) is 8.23. The predicted molar refractivity (Wildman–Crippen MR) is 120 cm³/mol. The van der Waals surface area contributed by atoms with E-state index in [9.17, 15) is 8.78 Å². The number of aromatic amines is 1. The zero-order chi connectivity index (χ0) is 21.4. The molecule has 5 aromatic rings. The summed E-state index contributed by atoms with van der Waals surface area (Å²) < 4.78 is 28.9. The summed E-state index contributed by atoms with van der Waals surface area (Å²) in [6.07, 6.45) is 1.83. The van der Waals surface area contributed by atoms with E-state index in [0.717, 1.165) is 50.0 Å². The first-order chi connectivity index (χ1) is 15.1. The van der Waals surface area contributed by atoms with E-state index in [0.29, 0.717) is 0 Å². The van der Waals surface area contributed by atoms with Crippen molar-refractivity contribution in [1.29, 1.82) is 0 Å². The van der Waals surface area contributed by atoms with Crippen LogP contribution in [0.1, 0.15) is 6.92 Å². The molecule has 0 aliphatic rings. The fourth-order valence-electron chi connectivity index (χ4n) is 3.62. The number of hydrogen-bond donors (Lipinski definition) is 1. The number of rotatable bonds is 5. The number of imidazole rings is 1. The standard InChI is InChI=1S/C24H18F2N4S/c1-2-31-24-28-21-12-5-16(13-22(21)30(24)19-10-8-18(26)9-11-19)20-14-27-29-23(20)15-3-6-17(25)7-4-15/h3-14H,2H2,1H3,(H,27,29). The van der Waals surface area contributed by atoms with E-state index < -0.39 is 0 Å². The molecule has 0 saturated carbocycles. The second kappa shape index (κ2) is 8.00. The first-order valence-corrected chi connectivity index (χ1v) is 10.8. The fourth-order valence-corrected chi connectivity index (χ4v) is 4.38. The van der Waals surface area contributed by atoms with E-state index in [2.05, 4.69) is 23.2 Å². The maximum absolute atomic E-state index is 13.5. The van der Waals surface area contributed by atoms with Crippen LogP contribution in [0, 0.1) is 11.6 Å². The van der Waals surface area contributed by atoms with Gasteiger partial charge in [0, 0.05) is 23.0 Å². The van der Waals surface area contributed by atoms with E-state index in [1.165, 1.54) is 24.3 Å². The summed E-state index contributed by atoms with van der Waals surface area (Å²) >= 11 is 1.64. The number of H-pyrrole nitrogens is 1. The van der Waals surface area contributed by atoms with Crippen LogP contribution in [0.25, 0.3) is 39.1 Å². The summed E-state index contributed by atoms with van der Waals surface area (Å²) in [5, 5.41) is 8.16. The Morgan fingerprint density at radius 2 is 1.58 bits per heavy atom. The first kappa shape index (κ1) is 19.5. The van der Waals surface area contributed by atoms with Gasteiger partial charge in [-0.15, -0.1) is 0 Å². The summed E-state index contributed by atoms with van der Waals surface area (Å²) in [5.74, 6) is 0.306. The van der Waals surface area contributed by atoms with Crippen LogP contribution in [-0.4, -0.2) is 25.5 Å². The fraction of sp³-hybridized carbons (Fsp3) is 0.0833. The van der Waals surface area contributed by atoms with Crippen LogP contribution in [0.15, 0.2) is 78.1 Å². The molecule has 0 saturated heterocycles. The zero-order valence-electron chi connectivity index (χ0n) is 16.6. The van der Waals surface area contributed by atoms with Gasteiger partial charge in [0.05, 0.1) is 16.7 Å². The van der Waals surface area contributed by atoms with Crippen LogP contribution >= 0.6 is 11.8 Å². The topological polar surface area (TPSA) is 46.5 Å². The van der Waals surface area contributed by atoms with Crippen molar-refractivity contribution in [3.05, 3.63) is 84.6 Å². The third-order valence-electron chi connectivity index (χ3n) is 5.05. The van der Waals surface area contributed by atoms with Gasteiger partial charge in [-0.3, -0.25) is 9.67 Å². The molecule has 0 spiro atoms. The van der Waals surface area contributed by atoms with Gasteiger partial charge >= 0.3 is 0 Å². The van der Waals surface area contributed by atoms with Crippen LogP contribution < -0.4 is 0 Å². The molecular formula is C24H18F2N4S. The molecule has 1 N–H and O–H groups in total. The number of thioether (sulfide) groups is 1. The van der Waals surface area contributed by atoms with E-state index in [1.54, 1.807) is 36.0 Å². The first-order valence-electron chi connectivity index (χ1n) is 9.85. The van der Waals surface area contributed by atoms with Crippen molar-refractivity contribution in [2.45, 2.75) is 12.1 Å². The summed E-state index contributed by atoms with van der Waals surface area (Å²) in [6, 6.07) is 18.7. The minimum absolute atomic E-state index is 0.277. The number of nitrogens with zero attached hydrogens (tertiary/aromatic N) is 3. The molecule has 3 aromatic carbocycles. The maximum atomic E-state index is 13.5. The maximum Gasteiger partial charge on any atom is 0.173 e. The summed E-state index contributed by atoms with van der Waals surface area (Å²) in [6.45, 7) is 2.07. The van der Waals surface area contributed by atoms with Crippen LogP contribution in [0.2, 0.25) is 0 Å².